The molecule has 0 radical (unpaired) electrons. The van der Waals surface area contributed by atoms with Crippen LogP contribution in [-0.4, -0.2) is 20.7 Å². The van der Waals surface area contributed by atoms with Gasteiger partial charge < -0.3 is 5.32 Å². The maximum absolute atomic E-state index is 12.1. The number of hydrogen-bond acceptors (Lipinski definition) is 3. The van der Waals surface area contributed by atoms with E-state index in [1.54, 1.807) is 7.05 Å². The van der Waals surface area contributed by atoms with Crippen LogP contribution in [0.5, 0.6) is 0 Å². The Morgan fingerprint density at radius 2 is 2.05 bits per heavy atom. The Balaban J connectivity index is 0.000000847. The fraction of sp³-hybridized carbons (Fsp3) is 0.562. The van der Waals surface area contributed by atoms with E-state index in [-0.39, 0.29) is 23.3 Å². The van der Waals surface area contributed by atoms with Gasteiger partial charge in [0.25, 0.3) is 5.56 Å². The van der Waals surface area contributed by atoms with E-state index in [2.05, 4.69) is 15.4 Å². The number of pyridine rings is 1. The topological polar surface area (TPSA) is 79.8 Å². The van der Waals surface area contributed by atoms with Gasteiger partial charge in [-0.05, 0) is 30.4 Å². The summed E-state index contributed by atoms with van der Waals surface area (Å²) >= 11 is 0. The molecule has 1 saturated carbocycles. The van der Waals surface area contributed by atoms with Gasteiger partial charge >= 0.3 is 0 Å². The van der Waals surface area contributed by atoms with E-state index < -0.39 is 0 Å². The smallest absolute Gasteiger partial charge is 0.276 e. The van der Waals surface area contributed by atoms with Crippen molar-refractivity contribution in [2.75, 3.05) is 5.32 Å². The summed E-state index contributed by atoms with van der Waals surface area (Å²) in [5.74, 6) is 0.843. The van der Waals surface area contributed by atoms with Crippen LogP contribution in [0.4, 0.5) is 5.82 Å². The van der Waals surface area contributed by atoms with Crippen LogP contribution in [0, 0.1) is 5.92 Å². The van der Waals surface area contributed by atoms with E-state index in [9.17, 15) is 9.59 Å². The Hall–Kier alpha value is -2.11. The standard InChI is InChI=1S/C14H18N4O2.C2H6/c1-7(2)9-6-10(16-13(19)8-4-5-8)15-12-11(9)14(20)18(3)17-12;1-2/h6-8H,4-5H2,1-3H3,(H2,15,16,17,19);1-2H3. The predicted octanol–water partition coefficient (Wildman–Crippen LogP) is 2.76. The highest BCUT2D eigenvalue weighted by atomic mass is 16.2. The molecule has 0 aromatic carbocycles. The van der Waals surface area contributed by atoms with Crippen LogP contribution >= 0.6 is 0 Å². The number of nitrogens with zero attached hydrogens (tertiary/aromatic N) is 2. The highest BCUT2D eigenvalue weighted by Gasteiger charge is 2.30. The van der Waals surface area contributed by atoms with Crippen molar-refractivity contribution in [2.45, 2.75) is 46.5 Å². The van der Waals surface area contributed by atoms with Gasteiger partial charge in [0.15, 0.2) is 5.65 Å². The first-order valence-electron chi connectivity index (χ1n) is 7.88. The zero-order valence-corrected chi connectivity index (χ0v) is 13.9. The van der Waals surface area contributed by atoms with Crippen molar-refractivity contribution < 1.29 is 4.79 Å². The number of nitrogens with one attached hydrogen (secondary N) is 2. The molecule has 1 fully saturated rings. The monoisotopic (exact) mass is 304 g/mol. The molecule has 120 valence electrons. The maximum Gasteiger partial charge on any atom is 0.276 e. The van der Waals surface area contributed by atoms with Gasteiger partial charge in [0.1, 0.15) is 5.82 Å². The van der Waals surface area contributed by atoms with E-state index >= 15 is 0 Å². The fourth-order valence-electron chi connectivity index (χ4n) is 2.34. The molecule has 1 amide bonds. The van der Waals surface area contributed by atoms with E-state index in [4.69, 9.17) is 0 Å². The van der Waals surface area contributed by atoms with E-state index in [1.165, 1.54) is 4.68 Å². The average molecular weight is 304 g/mol. The third-order valence-electron chi connectivity index (χ3n) is 3.66. The highest BCUT2D eigenvalue weighted by Crippen LogP contribution is 2.31. The van der Waals surface area contributed by atoms with E-state index in [0.29, 0.717) is 16.9 Å². The number of aromatic amines is 1. The molecule has 0 bridgehead atoms. The summed E-state index contributed by atoms with van der Waals surface area (Å²) in [4.78, 5) is 28.3. The molecule has 0 saturated heterocycles. The van der Waals surface area contributed by atoms with Gasteiger partial charge in [-0.25, -0.2) is 4.98 Å². The number of rotatable bonds is 3. The van der Waals surface area contributed by atoms with Crippen molar-refractivity contribution in [2.24, 2.45) is 13.0 Å². The van der Waals surface area contributed by atoms with Crippen LogP contribution in [0.1, 0.15) is 52.0 Å². The lowest BCUT2D eigenvalue weighted by molar-refractivity contribution is -0.117. The summed E-state index contributed by atoms with van der Waals surface area (Å²) in [5.41, 5.74) is 1.34. The molecule has 0 unspecified atom stereocenters. The van der Waals surface area contributed by atoms with Gasteiger partial charge in [-0.2, -0.15) is 0 Å². The average Bonchev–Trinajstić information content (AvgIpc) is 3.29. The SMILES string of the molecule is CC.CC(C)c1cc(NC(=O)C2CC2)nc2[nH]n(C)c(=O)c12. The minimum atomic E-state index is -0.0868. The van der Waals surface area contributed by atoms with Crippen molar-refractivity contribution in [3.63, 3.8) is 0 Å². The Morgan fingerprint density at radius 3 is 2.59 bits per heavy atom. The van der Waals surface area contributed by atoms with Gasteiger partial charge in [0.05, 0.1) is 5.39 Å². The quantitative estimate of drug-likeness (QED) is 0.915. The van der Waals surface area contributed by atoms with Gasteiger partial charge in [-0.3, -0.25) is 19.4 Å². The van der Waals surface area contributed by atoms with Crippen LogP contribution < -0.4 is 10.9 Å². The molecule has 0 spiro atoms. The van der Waals surface area contributed by atoms with Crippen molar-refractivity contribution >= 4 is 22.8 Å². The molecule has 3 rings (SSSR count). The Labute approximate surface area is 129 Å². The molecule has 0 aliphatic heterocycles. The molecule has 2 aromatic heterocycles. The summed E-state index contributed by atoms with van der Waals surface area (Å²) < 4.78 is 1.41. The zero-order chi connectivity index (χ0) is 16.4. The molecule has 0 atom stereocenters. The molecule has 1 aliphatic carbocycles. The summed E-state index contributed by atoms with van der Waals surface area (Å²) in [6.45, 7) is 8.04. The summed E-state index contributed by atoms with van der Waals surface area (Å²) in [6, 6.07) is 1.81. The van der Waals surface area contributed by atoms with Crippen molar-refractivity contribution in [3.8, 4) is 0 Å². The molecular formula is C16H24N4O2. The molecule has 6 heteroatoms. The van der Waals surface area contributed by atoms with Crippen molar-refractivity contribution in [1.29, 1.82) is 0 Å². The summed E-state index contributed by atoms with van der Waals surface area (Å²) in [5, 5.41) is 6.36. The number of hydrogen-bond donors (Lipinski definition) is 2. The molecule has 22 heavy (non-hydrogen) atoms. The first kappa shape index (κ1) is 16.3. The minimum absolute atomic E-state index is 0.0184. The van der Waals surface area contributed by atoms with Gasteiger partial charge in [0.2, 0.25) is 5.91 Å². The number of carbonyl (C=O) groups excluding carboxylic acids is 1. The molecular weight excluding hydrogens is 280 g/mol. The van der Waals surface area contributed by atoms with Crippen LogP contribution in [0.15, 0.2) is 10.9 Å². The molecule has 6 nitrogen and oxygen atoms in total. The Morgan fingerprint density at radius 1 is 1.41 bits per heavy atom. The van der Waals surface area contributed by atoms with Crippen LogP contribution in [-0.2, 0) is 11.8 Å². The lowest BCUT2D eigenvalue weighted by Gasteiger charge is -2.09. The third kappa shape index (κ3) is 3.05. The zero-order valence-electron chi connectivity index (χ0n) is 13.9. The number of H-pyrrole nitrogens is 1. The number of aromatic nitrogens is 3. The van der Waals surface area contributed by atoms with E-state index in [0.717, 1.165) is 18.4 Å². The second-order valence-corrected chi connectivity index (χ2v) is 5.71. The van der Waals surface area contributed by atoms with Gasteiger partial charge in [0, 0.05) is 13.0 Å². The lowest BCUT2D eigenvalue weighted by Crippen LogP contribution is -2.15. The first-order chi connectivity index (χ1) is 10.5. The Bertz CT molecular complexity index is 738. The van der Waals surface area contributed by atoms with Crippen LogP contribution in [0.25, 0.3) is 11.0 Å². The first-order valence-corrected chi connectivity index (χ1v) is 7.88. The van der Waals surface area contributed by atoms with Gasteiger partial charge in [-0.1, -0.05) is 27.7 Å². The van der Waals surface area contributed by atoms with Crippen molar-refractivity contribution in [3.05, 3.63) is 22.0 Å². The second-order valence-electron chi connectivity index (χ2n) is 5.71. The molecule has 2 N–H and O–H groups in total. The second kappa shape index (κ2) is 6.34. The number of carbonyl (C=O) groups is 1. The van der Waals surface area contributed by atoms with Gasteiger partial charge in [-0.15, -0.1) is 0 Å². The third-order valence-corrected chi connectivity index (χ3v) is 3.66. The largest absolute Gasteiger partial charge is 0.310 e. The fourth-order valence-corrected chi connectivity index (χ4v) is 2.34. The molecule has 2 heterocycles. The van der Waals surface area contributed by atoms with Crippen molar-refractivity contribution in [1.82, 2.24) is 14.8 Å². The Kier molecular flexibility index (Phi) is 4.68. The molecule has 2 aromatic rings. The maximum atomic E-state index is 12.1. The number of amides is 1. The normalized spacial score (nSPS) is 13.9. The predicted molar refractivity (Wildman–Crippen MR) is 88.1 cm³/mol. The highest BCUT2D eigenvalue weighted by molar-refractivity contribution is 5.94. The summed E-state index contributed by atoms with van der Waals surface area (Å²) in [7, 11) is 1.66. The molecule has 1 aliphatic rings. The number of anilines is 1. The van der Waals surface area contributed by atoms with E-state index in [1.807, 2.05) is 33.8 Å². The number of aryl methyl sites for hydroxylation is 1. The van der Waals surface area contributed by atoms with Crippen LogP contribution in [0.3, 0.4) is 0 Å². The number of fused-ring (bicyclic) bond motifs is 1. The minimum Gasteiger partial charge on any atom is -0.310 e. The summed E-state index contributed by atoms with van der Waals surface area (Å²) in [6.07, 6.45) is 1.90. The van der Waals surface area contributed by atoms with Crippen LogP contribution in [0.2, 0.25) is 0 Å². The lowest BCUT2D eigenvalue weighted by atomic mass is 10.0.